The third kappa shape index (κ3) is 3.22. The Kier molecular flexibility index (Phi) is 5.20. The molecule has 5 aromatic rings. The molecule has 0 aliphatic rings. The minimum atomic E-state index is 0. The Hall–Kier alpha value is -3.36. The van der Waals surface area contributed by atoms with Crippen LogP contribution in [0.1, 0.15) is 0 Å². The highest BCUT2D eigenvalue weighted by atomic mass is 35.5. The molecular formula is C26H20ClNO. The first-order valence-electron chi connectivity index (χ1n) is 9.42. The predicted octanol–water partition coefficient (Wildman–Crippen LogP) is 2.95. The molecule has 1 aromatic heterocycles. The third-order valence-electron chi connectivity index (χ3n) is 5.22. The Morgan fingerprint density at radius 2 is 1.10 bits per heavy atom. The van der Waals surface area contributed by atoms with Gasteiger partial charge in [0.15, 0.2) is 0 Å². The maximum atomic E-state index is 5.35. The highest BCUT2D eigenvalue weighted by Crippen LogP contribution is 2.35. The molecule has 0 atom stereocenters. The van der Waals surface area contributed by atoms with Gasteiger partial charge in [-0.3, -0.25) is 0 Å². The summed E-state index contributed by atoms with van der Waals surface area (Å²) in [4.78, 5) is 0. The molecule has 0 saturated heterocycles. The zero-order valence-electron chi connectivity index (χ0n) is 16.0. The maximum absolute atomic E-state index is 5.35. The molecule has 2 nitrogen and oxygen atoms in total. The first kappa shape index (κ1) is 19.0. The Morgan fingerprint density at radius 3 is 1.66 bits per heavy atom. The molecule has 4 aromatic carbocycles. The van der Waals surface area contributed by atoms with Gasteiger partial charge in [-0.25, -0.2) is 0 Å². The number of fused-ring (bicyclic) bond motifs is 2. The van der Waals surface area contributed by atoms with Gasteiger partial charge >= 0.3 is 0 Å². The molecule has 0 fully saturated rings. The molecule has 29 heavy (non-hydrogen) atoms. The molecule has 3 heteroatoms. The predicted molar refractivity (Wildman–Crippen MR) is 115 cm³/mol. The van der Waals surface area contributed by atoms with E-state index in [-0.39, 0.29) is 12.4 Å². The number of ether oxygens (including phenoxy) is 1. The third-order valence-corrected chi connectivity index (χ3v) is 5.22. The van der Waals surface area contributed by atoms with Gasteiger partial charge in [-0.15, -0.1) is 0 Å². The summed E-state index contributed by atoms with van der Waals surface area (Å²) in [7, 11) is 1.70. The molecular weight excluding hydrogens is 378 g/mol. The van der Waals surface area contributed by atoms with Gasteiger partial charge in [-0.1, -0.05) is 54.6 Å². The molecule has 0 aliphatic heterocycles. The van der Waals surface area contributed by atoms with Crippen LogP contribution < -0.4 is 21.7 Å². The van der Waals surface area contributed by atoms with Crippen molar-refractivity contribution in [1.82, 2.24) is 0 Å². The van der Waals surface area contributed by atoms with E-state index < -0.39 is 0 Å². The van der Waals surface area contributed by atoms with Crippen LogP contribution in [0.5, 0.6) is 5.75 Å². The standard InChI is InChI=1S/C26H20NO.ClH/c1-28-21-17-15-19(16-18-21)26-22-11-5-7-13-24(22)27(20-9-3-2-4-10-20)25-14-8-6-12-23(25)26;/h2-18H,1H3;1H/q+1;/p-1. The number of benzene rings is 4. The fraction of sp³-hybridized carbons (Fsp3) is 0.0385. The largest absolute Gasteiger partial charge is 1.00 e. The number of halogens is 1. The van der Waals surface area contributed by atoms with Crippen LogP contribution in [0.15, 0.2) is 103 Å². The van der Waals surface area contributed by atoms with Crippen LogP contribution in [-0.4, -0.2) is 7.11 Å². The number of rotatable bonds is 3. The van der Waals surface area contributed by atoms with E-state index in [1.165, 1.54) is 32.9 Å². The molecule has 1 heterocycles. The number of hydrogen-bond donors (Lipinski definition) is 0. The molecule has 0 saturated carbocycles. The fourth-order valence-electron chi connectivity index (χ4n) is 3.96. The van der Waals surface area contributed by atoms with Crippen molar-refractivity contribution >= 4 is 21.8 Å². The minimum absolute atomic E-state index is 0. The average molecular weight is 398 g/mol. The van der Waals surface area contributed by atoms with Gasteiger partial charge < -0.3 is 17.1 Å². The summed E-state index contributed by atoms with van der Waals surface area (Å²) in [5, 5.41) is 2.46. The highest BCUT2D eigenvalue weighted by molar-refractivity contribution is 6.07. The molecule has 5 rings (SSSR count). The van der Waals surface area contributed by atoms with E-state index in [0.29, 0.717) is 0 Å². The molecule has 0 unspecified atom stereocenters. The summed E-state index contributed by atoms with van der Waals surface area (Å²) in [5.74, 6) is 0.868. The fourth-order valence-corrected chi connectivity index (χ4v) is 3.96. The molecule has 0 amide bonds. The van der Waals surface area contributed by atoms with Crippen LogP contribution in [0.25, 0.3) is 38.6 Å². The lowest BCUT2D eigenvalue weighted by Gasteiger charge is -2.12. The van der Waals surface area contributed by atoms with Crippen molar-refractivity contribution in [3.63, 3.8) is 0 Å². The summed E-state index contributed by atoms with van der Waals surface area (Å²) < 4.78 is 7.70. The van der Waals surface area contributed by atoms with Crippen molar-refractivity contribution in [2.45, 2.75) is 0 Å². The lowest BCUT2D eigenvalue weighted by atomic mass is 9.95. The second-order valence-electron chi connectivity index (χ2n) is 6.81. The maximum Gasteiger partial charge on any atom is 0.219 e. The number of aromatic nitrogens is 1. The average Bonchev–Trinajstić information content (AvgIpc) is 2.78. The Morgan fingerprint density at radius 1 is 0.586 bits per heavy atom. The van der Waals surface area contributed by atoms with E-state index in [4.69, 9.17) is 4.74 Å². The topological polar surface area (TPSA) is 13.1 Å². The van der Waals surface area contributed by atoms with Gasteiger partial charge in [0, 0.05) is 29.8 Å². The van der Waals surface area contributed by atoms with Crippen LogP contribution >= 0.6 is 0 Å². The lowest BCUT2D eigenvalue weighted by molar-refractivity contribution is -0.537. The first-order valence-corrected chi connectivity index (χ1v) is 9.42. The molecule has 0 N–H and O–H groups in total. The van der Waals surface area contributed by atoms with Crippen LogP contribution in [0, 0.1) is 0 Å². The van der Waals surface area contributed by atoms with Gasteiger partial charge in [0.1, 0.15) is 5.75 Å². The van der Waals surface area contributed by atoms with E-state index in [0.717, 1.165) is 11.4 Å². The van der Waals surface area contributed by atoms with Gasteiger partial charge in [-0.2, -0.15) is 4.57 Å². The van der Waals surface area contributed by atoms with Gasteiger partial charge in [-0.05, 0) is 29.8 Å². The number of pyridine rings is 1. The summed E-state index contributed by atoms with van der Waals surface area (Å²) in [5.41, 5.74) is 5.99. The van der Waals surface area contributed by atoms with Crippen LogP contribution in [0.4, 0.5) is 0 Å². The van der Waals surface area contributed by atoms with Gasteiger partial charge in [0.05, 0.1) is 17.9 Å². The lowest BCUT2D eigenvalue weighted by Crippen LogP contribution is -3.00. The van der Waals surface area contributed by atoms with Gasteiger partial charge in [0.25, 0.3) is 0 Å². The summed E-state index contributed by atoms with van der Waals surface area (Å²) >= 11 is 0. The monoisotopic (exact) mass is 397 g/mol. The highest BCUT2D eigenvalue weighted by Gasteiger charge is 2.22. The second kappa shape index (κ2) is 7.94. The van der Waals surface area contributed by atoms with Crippen molar-refractivity contribution in [3.05, 3.63) is 103 Å². The van der Waals surface area contributed by atoms with E-state index in [1.807, 2.05) is 12.1 Å². The molecule has 0 bridgehead atoms. The van der Waals surface area contributed by atoms with Crippen molar-refractivity contribution in [3.8, 4) is 22.6 Å². The van der Waals surface area contributed by atoms with E-state index >= 15 is 0 Å². The normalized spacial score (nSPS) is 10.7. The smallest absolute Gasteiger partial charge is 0.219 e. The van der Waals surface area contributed by atoms with E-state index in [9.17, 15) is 0 Å². The van der Waals surface area contributed by atoms with Crippen molar-refractivity contribution in [2.24, 2.45) is 0 Å². The SMILES string of the molecule is COc1ccc(-c2c3ccccc3[n+](-c3ccccc3)c3ccccc23)cc1.[Cl-]. The Labute approximate surface area is 176 Å². The number of nitrogens with zero attached hydrogens (tertiary/aromatic N) is 1. The molecule has 142 valence electrons. The van der Waals surface area contributed by atoms with Gasteiger partial charge in [0.2, 0.25) is 16.7 Å². The van der Waals surface area contributed by atoms with Crippen LogP contribution in [-0.2, 0) is 0 Å². The Balaban J connectivity index is 0.00000205. The first-order chi connectivity index (χ1) is 13.9. The zero-order chi connectivity index (χ0) is 18.9. The van der Waals surface area contributed by atoms with Crippen molar-refractivity contribution in [1.29, 1.82) is 0 Å². The minimum Gasteiger partial charge on any atom is -1.00 e. The molecule has 0 spiro atoms. The zero-order valence-corrected chi connectivity index (χ0v) is 16.8. The molecule has 0 radical (unpaired) electrons. The number of methoxy groups -OCH3 is 1. The second-order valence-corrected chi connectivity index (χ2v) is 6.81. The summed E-state index contributed by atoms with van der Waals surface area (Å²) in [6.45, 7) is 0. The van der Waals surface area contributed by atoms with E-state index in [2.05, 4.69) is 95.6 Å². The van der Waals surface area contributed by atoms with Crippen molar-refractivity contribution in [2.75, 3.05) is 7.11 Å². The van der Waals surface area contributed by atoms with Crippen molar-refractivity contribution < 1.29 is 21.7 Å². The quantitative estimate of drug-likeness (QED) is 0.337. The van der Waals surface area contributed by atoms with E-state index in [1.54, 1.807) is 7.11 Å². The van der Waals surface area contributed by atoms with Crippen LogP contribution in [0.2, 0.25) is 0 Å². The summed E-state index contributed by atoms with van der Waals surface area (Å²) in [6.07, 6.45) is 0. The Bertz CT molecular complexity index is 1220. The summed E-state index contributed by atoms with van der Waals surface area (Å²) in [6, 6.07) is 36.1. The molecule has 0 aliphatic carbocycles. The number of para-hydroxylation sites is 3. The number of hydrogen-bond acceptors (Lipinski definition) is 1. The van der Waals surface area contributed by atoms with Crippen LogP contribution in [0.3, 0.4) is 0 Å².